The topological polar surface area (TPSA) is 64.2 Å². The maximum absolute atomic E-state index is 12.1. The van der Waals surface area contributed by atoms with E-state index in [-0.39, 0.29) is 12.3 Å². The second-order valence-electron chi connectivity index (χ2n) is 4.96. The summed E-state index contributed by atoms with van der Waals surface area (Å²) in [6.45, 7) is 0. The summed E-state index contributed by atoms with van der Waals surface area (Å²) in [7, 11) is 1.63. The van der Waals surface area contributed by atoms with E-state index in [1.54, 1.807) is 49.5 Å². The average molecular weight is 317 g/mol. The predicted molar refractivity (Wildman–Crippen MR) is 85.2 cm³/mol. The standard InChI is InChI=1S/C16H13ClN2O3/c1-19-13-8-10(2-7-14(13)22-16(19)21)9-15(20)18-12-5-3-11(17)4-6-12/h2-8H,9H2,1H3,(H,18,20). The third kappa shape index (κ3) is 2.89. The number of nitrogens with zero attached hydrogens (tertiary/aromatic N) is 1. The number of hydrogen-bond acceptors (Lipinski definition) is 3. The highest BCUT2D eigenvalue weighted by Crippen LogP contribution is 2.16. The number of carbonyl (C=O) groups excluding carboxylic acids is 1. The van der Waals surface area contributed by atoms with Gasteiger partial charge in [-0.15, -0.1) is 0 Å². The van der Waals surface area contributed by atoms with E-state index in [1.165, 1.54) is 4.57 Å². The Hall–Kier alpha value is -2.53. The Morgan fingerprint density at radius 3 is 2.68 bits per heavy atom. The zero-order valence-electron chi connectivity index (χ0n) is 11.8. The zero-order valence-corrected chi connectivity index (χ0v) is 12.6. The van der Waals surface area contributed by atoms with Gasteiger partial charge in [-0.3, -0.25) is 9.36 Å². The summed E-state index contributed by atoms with van der Waals surface area (Å²) in [5.74, 6) is -0.562. The van der Waals surface area contributed by atoms with Crippen LogP contribution >= 0.6 is 11.6 Å². The molecule has 22 heavy (non-hydrogen) atoms. The molecule has 0 bridgehead atoms. The van der Waals surface area contributed by atoms with E-state index in [9.17, 15) is 9.59 Å². The number of anilines is 1. The van der Waals surface area contributed by atoms with Gasteiger partial charge in [0.2, 0.25) is 5.91 Å². The molecule has 5 nitrogen and oxygen atoms in total. The molecule has 0 aliphatic rings. The van der Waals surface area contributed by atoms with E-state index >= 15 is 0 Å². The smallest absolute Gasteiger partial charge is 0.408 e. The lowest BCUT2D eigenvalue weighted by Crippen LogP contribution is -2.14. The van der Waals surface area contributed by atoms with Crippen molar-refractivity contribution in [2.75, 3.05) is 5.32 Å². The minimum atomic E-state index is -0.419. The van der Waals surface area contributed by atoms with Crippen LogP contribution in [-0.2, 0) is 18.3 Å². The van der Waals surface area contributed by atoms with Gasteiger partial charge in [0, 0.05) is 17.8 Å². The number of aryl methyl sites for hydroxylation is 1. The highest BCUT2D eigenvalue weighted by atomic mass is 35.5. The zero-order chi connectivity index (χ0) is 15.7. The van der Waals surface area contributed by atoms with E-state index in [2.05, 4.69) is 5.32 Å². The first-order valence-electron chi connectivity index (χ1n) is 6.67. The Morgan fingerprint density at radius 1 is 1.23 bits per heavy atom. The molecule has 1 N–H and O–H groups in total. The van der Waals surface area contributed by atoms with Gasteiger partial charge in [0.15, 0.2) is 5.58 Å². The third-order valence-electron chi connectivity index (χ3n) is 3.35. The van der Waals surface area contributed by atoms with Crippen LogP contribution in [0.2, 0.25) is 5.02 Å². The molecule has 0 saturated carbocycles. The van der Waals surface area contributed by atoms with Crippen molar-refractivity contribution < 1.29 is 9.21 Å². The van der Waals surface area contributed by atoms with Crippen LogP contribution in [0.15, 0.2) is 51.7 Å². The molecule has 0 saturated heterocycles. The van der Waals surface area contributed by atoms with E-state index < -0.39 is 5.76 Å². The van der Waals surface area contributed by atoms with Gasteiger partial charge < -0.3 is 9.73 Å². The molecule has 1 heterocycles. The molecular weight excluding hydrogens is 304 g/mol. The van der Waals surface area contributed by atoms with Crippen LogP contribution in [0.4, 0.5) is 5.69 Å². The van der Waals surface area contributed by atoms with Crippen molar-refractivity contribution in [1.82, 2.24) is 4.57 Å². The molecule has 112 valence electrons. The predicted octanol–water partition coefficient (Wildman–Crippen LogP) is 2.97. The summed E-state index contributed by atoms with van der Waals surface area (Å²) in [5.41, 5.74) is 2.66. The second kappa shape index (κ2) is 5.69. The average Bonchev–Trinajstić information content (AvgIpc) is 2.77. The van der Waals surface area contributed by atoms with E-state index in [1.807, 2.05) is 0 Å². The van der Waals surface area contributed by atoms with Gasteiger partial charge in [0.05, 0.1) is 11.9 Å². The fourth-order valence-corrected chi connectivity index (χ4v) is 2.33. The molecule has 6 heteroatoms. The molecule has 0 atom stereocenters. The highest BCUT2D eigenvalue weighted by Gasteiger charge is 2.09. The minimum Gasteiger partial charge on any atom is -0.408 e. The minimum absolute atomic E-state index is 0.143. The lowest BCUT2D eigenvalue weighted by molar-refractivity contribution is -0.115. The molecule has 0 radical (unpaired) electrons. The Labute approximate surface area is 131 Å². The number of halogens is 1. The molecule has 2 aromatic carbocycles. The largest absolute Gasteiger partial charge is 0.419 e. The van der Waals surface area contributed by atoms with Crippen molar-refractivity contribution in [2.24, 2.45) is 7.05 Å². The number of fused-ring (bicyclic) bond motifs is 1. The van der Waals surface area contributed by atoms with E-state index in [0.717, 1.165) is 5.56 Å². The van der Waals surface area contributed by atoms with Crippen molar-refractivity contribution in [2.45, 2.75) is 6.42 Å². The Kier molecular flexibility index (Phi) is 3.73. The van der Waals surface area contributed by atoms with Crippen LogP contribution in [0, 0.1) is 0 Å². The maximum atomic E-state index is 12.1. The van der Waals surface area contributed by atoms with Crippen LogP contribution in [0.1, 0.15) is 5.56 Å². The van der Waals surface area contributed by atoms with Crippen LogP contribution < -0.4 is 11.1 Å². The van der Waals surface area contributed by atoms with Crippen LogP contribution in [0.25, 0.3) is 11.1 Å². The molecule has 1 aromatic heterocycles. The summed E-state index contributed by atoms with van der Waals surface area (Å²) in [5, 5.41) is 3.41. The van der Waals surface area contributed by atoms with Crippen molar-refractivity contribution in [3.8, 4) is 0 Å². The number of carbonyl (C=O) groups is 1. The number of benzene rings is 2. The lowest BCUT2D eigenvalue weighted by Gasteiger charge is -2.05. The fraction of sp³-hybridized carbons (Fsp3) is 0.125. The van der Waals surface area contributed by atoms with Gasteiger partial charge in [0.25, 0.3) is 0 Å². The van der Waals surface area contributed by atoms with Crippen LogP contribution in [0.3, 0.4) is 0 Å². The van der Waals surface area contributed by atoms with Gasteiger partial charge in [-0.05, 0) is 42.0 Å². The molecule has 0 unspecified atom stereocenters. The summed E-state index contributed by atoms with van der Waals surface area (Å²) in [4.78, 5) is 23.5. The first-order chi connectivity index (χ1) is 10.5. The lowest BCUT2D eigenvalue weighted by atomic mass is 10.1. The van der Waals surface area contributed by atoms with Gasteiger partial charge in [-0.1, -0.05) is 17.7 Å². The van der Waals surface area contributed by atoms with Crippen molar-refractivity contribution in [1.29, 1.82) is 0 Å². The number of aromatic nitrogens is 1. The van der Waals surface area contributed by atoms with E-state index in [4.69, 9.17) is 16.0 Å². The normalized spacial score (nSPS) is 10.8. The van der Waals surface area contributed by atoms with Crippen molar-refractivity contribution >= 4 is 34.3 Å². The summed E-state index contributed by atoms with van der Waals surface area (Å²) >= 11 is 5.80. The number of amides is 1. The van der Waals surface area contributed by atoms with Gasteiger partial charge in [-0.2, -0.15) is 0 Å². The maximum Gasteiger partial charge on any atom is 0.419 e. The Balaban J connectivity index is 1.77. The molecule has 0 spiro atoms. The molecule has 1 amide bonds. The number of oxazole rings is 1. The number of nitrogens with one attached hydrogen (secondary N) is 1. The summed E-state index contributed by atoms with van der Waals surface area (Å²) in [6, 6.07) is 12.2. The van der Waals surface area contributed by atoms with Gasteiger partial charge >= 0.3 is 5.76 Å². The van der Waals surface area contributed by atoms with Gasteiger partial charge in [0.1, 0.15) is 0 Å². The fourth-order valence-electron chi connectivity index (χ4n) is 2.21. The van der Waals surface area contributed by atoms with Crippen molar-refractivity contribution in [3.05, 3.63) is 63.6 Å². The van der Waals surface area contributed by atoms with Crippen molar-refractivity contribution in [3.63, 3.8) is 0 Å². The number of rotatable bonds is 3. The van der Waals surface area contributed by atoms with Gasteiger partial charge in [-0.25, -0.2) is 4.79 Å². The van der Waals surface area contributed by atoms with Crippen LogP contribution in [-0.4, -0.2) is 10.5 Å². The summed E-state index contributed by atoms with van der Waals surface area (Å²) < 4.78 is 6.47. The Morgan fingerprint density at radius 2 is 1.95 bits per heavy atom. The highest BCUT2D eigenvalue weighted by molar-refractivity contribution is 6.30. The SMILES string of the molecule is Cn1c(=O)oc2ccc(CC(=O)Nc3ccc(Cl)cc3)cc21. The van der Waals surface area contributed by atoms with Crippen LogP contribution in [0.5, 0.6) is 0 Å². The second-order valence-corrected chi connectivity index (χ2v) is 5.40. The number of hydrogen-bond donors (Lipinski definition) is 1. The first-order valence-corrected chi connectivity index (χ1v) is 7.04. The molecule has 0 aliphatic carbocycles. The molecule has 3 rings (SSSR count). The third-order valence-corrected chi connectivity index (χ3v) is 3.60. The molecular formula is C16H13ClN2O3. The Bertz CT molecular complexity index is 894. The monoisotopic (exact) mass is 316 g/mol. The van der Waals surface area contributed by atoms with E-state index in [0.29, 0.717) is 21.8 Å². The molecule has 3 aromatic rings. The quantitative estimate of drug-likeness (QED) is 0.808. The molecule has 0 aliphatic heterocycles. The molecule has 0 fully saturated rings. The summed E-state index contributed by atoms with van der Waals surface area (Å²) in [6.07, 6.45) is 0.206. The first kappa shape index (κ1) is 14.4.